The van der Waals surface area contributed by atoms with Crippen LogP contribution in [0.25, 0.3) is 0 Å². The molecule has 0 saturated carbocycles. The normalized spacial score (nSPS) is 17.5. The van der Waals surface area contributed by atoms with Gasteiger partial charge in [-0.25, -0.2) is 0 Å². The quantitative estimate of drug-likeness (QED) is 0.853. The van der Waals surface area contributed by atoms with E-state index in [2.05, 4.69) is 6.92 Å². The van der Waals surface area contributed by atoms with Crippen LogP contribution < -0.4 is 5.43 Å². The molecule has 1 aromatic heterocycles. The molecule has 2 rings (SSSR count). The minimum atomic E-state index is -0.109. The lowest BCUT2D eigenvalue weighted by Crippen LogP contribution is -2.41. The Kier molecular flexibility index (Phi) is 5.40. The minimum absolute atomic E-state index is 0.0406. The molecule has 122 valence electrons. The molecule has 0 spiro atoms. The van der Waals surface area contributed by atoms with Gasteiger partial charge in [-0.05, 0) is 31.6 Å². The molecule has 1 saturated heterocycles. The first kappa shape index (κ1) is 16.7. The summed E-state index contributed by atoms with van der Waals surface area (Å²) in [5.74, 6) is 1.08. The number of pyridine rings is 1. The van der Waals surface area contributed by atoms with Gasteiger partial charge < -0.3 is 14.2 Å². The molecule has 1 aromatic rings. The van der Waals surface area contributed by atoms with Crippen LogP contribution >= 0.6 is 0 Å². The summed E-state index contributed by atoms with van der Waals surface area (Å²) in [5.41, 5.74) is 1.18. The monoisotopic (exact) mass is 306 g/mol. The smallest absolute Gasteiger partial charge is 0.270 e. The highest BCUT2D eigenvalue weighted by Crippen LogP contribution is 2.25. The number of hydrogen-bond donors (Lipinski definition) is 0. The van der Waals surface area contributed by atoms with Crippen molar-refractivity contribution in [3.63, 3.8) is 0 Å². The van der Waals surface area contributed by atoms with Crippen molar-refractivity contribution in [3.8, 4) is 0 Å². The summed E-state index contributed by atoms with van der Waals surface area (Å²) in [6, 6.07) is 2.99. The maximum atomic E-state index is 12.7. The zero-order chi connectivity index (χ0) is 16.3. The van der Waals surface area contributed by atoms with Crippen LogP contribution in [0, 0.1) is 18.8 Å². The minimum Gasteiger partial charge on any atom is -0.384 e. The van der Waals surface area contributed by atoms with Gasteiger partial charge in [0, 0.05) is 51.7 Å². The Bertz CT molecular complexity index is 586. The summed E-state index contributed by atoms with van der Waals surface area (Å²) in [5, 5.41) is 0. The van der Waals surface area contributed by atoms with Gasteiger partial charge in [-0.2, -0.15) is 0 Å². The van der Waals surface area contributed by atoms with E-state index in [-0.39, 0.29) is 11.3 Å². The number of piperidine rings is 1. The predicted octanol–water partition coefficient (Wildman–Crippen LogP) is 1.83. The third kappa shape index (κ3) is 3.58. The largest absolute Gasteiger partial charge is 0.384 e. The average molecular weight is 306 g/mol. The molecule has 1 amide bonds. The summed E-state index contributed by atoms with van der Waals surface area (Å²) < 4.78 is 7.02. The van der Waals surface area contributed by atoms with Crippen molar-refractivity contribution in [2.45, 2.75) is 26.7 Å². The van der Waals surface area contributed by atoms with Crippen LogP contribution in [-0.2, 0) is 11.8 Å². The van der Waals surface area contributed by atoms with Crippen molar-refractivity contribution in [1.29, 1.82) is 0 Å². The highest BCUT2D eigenvalue weighted by Gasteiger charge is 2.27. The number of hydrogen-bond acceptors (Lipinski definition) is 3. The third-order valence-electron chi connectivity index (χ3n) is 4.80. The zero-order valence-corrected chi connectivity index (χ0v) is 14.0. The summed E-state index contributed by atoms with van der Waals surface area (Å²) in [4.78, 5) is 26.2. The molecule has 2 heterocycles. The molecule has 5 nitrogen and oxygen atoms in total. The Morgan fingerprint density at radius 2 is 2.00 bits per heavy atom. The number of aryl methyl sites for hydroxylation is 1. The van der Waals surface area contributed by atoms with Crippen molar-refractivity contribution in [2.24, 2.45) is 18.9 Å². The molecule has 1 aliphatic heterocycles. The van der Waals surface area contributed by atoms with Crippen LogP contribution in [0.1, 0.15) is 35.9 Å². The highest BCUT2D eigenvalue weighted by atomic mass is 16.5. The van der Waals surface area contributed by atoms with Gasteiger partial charge in [0.15, 0.2) is 5.43 Å². The molecule has 1 atom stereocenters. The topological polar surface area (TPSA) is 51.5 Å². The fourth-order valence-corrected chi connectivity index (χ4v) is 3.20. The van der Waals surface area contributed by atoms with Gasteiger partial charge in [-0.1, -0.05) is 6.92 Å². The summed E-state index contributed by atoms with van der Waals surface area (Å²) in [6.07, 6.45) is 1.99. The van der Waals surface area contributed by atoms with Crippen LogP contribution in [-0.4, -0.2) is 42.2 Å². The lowest BCUT2D eigenvalue weighted by Gasteiger charge is -2.35. The maximum absolute atomic E-state index is 12.7. The van der Waals surface area contributed by atoms with Crippen LogP contribution in [0.15, 0.2) is 16.9 Å². The van der Waals surface area contributed by atoms with Gasteiger partial charge in [-0.3, -0.25) is 9.59 Å². The first-order valence-corrected chi connectivity index (χ1v) is 7.90. The van der Waals surface area contributed by atoms with Gasteiger partial charge >= 0.3 is 0 Å². The van der Waals surface area contributed by atoms with Crippen LogP contribution in [0.3, 0.4) is 0 Å². The lowest BCUT2D eigenvalue weighted by atomic mass is 9.86. The second-order valence-corrected chi connectivity index (χ2v) is 6.34. The number of carbonyl (C=O) groups is 1. The number of rotatable bonds is 4. The van der Waals surface area contributed by atoms with Crippen molar-refractivity contribution in [2.75, 3.05) is 26.8 Å². The number of likely N-dealkylation sites (tertiary alicyclic amines) is 1. The molecular formula is C17H26N2O3. The molecule has 0 aliphatic carbocycles. The Hall–Kier alpha value is -1.62. The summed E-state index contributed by atoms with van der Waals surface area (Å²) in [7, 11) is 3.56. The van der Waals surface area contributed by atoms with Crippen LogP contribution in [0.4, 0.5) is 0 Å². The summed E-state index contributed by atoms with van der Waals surface area (Å²) >= 11 is 0. The number of amides is 1. The predicted molar refractivity (Wildman–Crippen MR) is 86.1 cm³/mol. The van der Waals surface area contributed by atoms with E-state index in [1.54, 1.807) is 17.7 Å². The second kappa shape index (κ2) is 7.09. The Labute approximate surface area is 131 Å². The zero-order valence-electron chi connectivity index (χ0n) is 14.0. The third-order valence-corrected chi connectivity index (χ3v) is 4.80. The molecule has 1 aliphatic rings. The van der Waals surface area contributed by atoms with E-state index in [1.165, 1.54) is 6.07 Å². The van der Waals surface area contributed by atoms with Crippen molar-refractivity contribution < 1.29 is 9.53 Å². The molecule has 5 heteroatoms. The standard InChI is InChI=1S/C17H26N2O3/c1-12(11-22-4)14-5-7-19(8-6-14)17(21)16-10-15(20)9-13(2)18(16)3/h9-10,12,14H,5-8,11H2,1-4H3/t12-/m1/s1. The van der Waals surface area contributed by atoms with E-state index in [4.69, 9.17) is 4.74 Å². The van der Waals surface area contributed by atoms with E-state index < -0.39 is 0 Å². The van der Waals surface area contributed by atoms with Gasteiger partial charge in [-0.15, -0.1) is 0 Å². The molecule has 22 heavy (non-hydrogen) atoms. The highest BCUT2D eigenvalue weighted by molar-refractivity contribution is 5.92. The number of aromatic nitrogens is 1. The lowest BCUT2D eigenvalue weighted by molar-refractivity contribution is 0.0589. The first-order chi connectivity index (χ1) is 10.4. The Morgan fingerprint density at radius 3 is 2.59 bits per heavy atom. The van der Waals surface area contributed by atoms with Crippen molar-refractivity contribution in [1.82, 2.24) is 9.47 Å². The SMILES string of the molecule is COC[C@@H](C)C1CCN(C(=O)c2cc(=O)cc(C)n2C)CC1. The molecule has 0 radical (unpaired) electrons. The van der Waals surface area contributed by atoms with E-state index >= 15 is 0 Å². The van der Waals surface area contributed by atoms with Gasteiger partial charge in [0.1, 0.15) is 5.69 Å². The molecule has 0 bridgehead atoms. The Balaban J connectivity index is 2.06. The van der Waals surface area contributed by atoms with E-state index in [1.807, 2.05) is 18.9 Å². The fourth-order valence-electron chi connectivity index (χ4n) is 3.20. The first-order valence-electron chi connectivity index (χ1n) is 7.90. The number of carbonyl (C=O) groups excluding carboxylic acids is 1. The van der Waals surface area contributed by atoms with Crippen molar-refractivity contribution >= 4 is 5.91 Å². The number of ether oxygens (including phenoxy) is 1. The molecular weight excluding hydrogens is 280 g/mol. The molecule has 0 aromatic carbocycles. The van der Waals surface area contributed by atoms with Crippen molar-refractivity contribution in [3.05, 3.63) is 33.7 Å². The van der Waals surface area contributed by atoms with E-state index in [0.717, 1.165) is 38.2 Å². The van der Waals surface area contributed by atoms with Gasteiger partial charge in [0.05, 0.1) is 0 Å². The number of nitrogens with zero attached hydrogens (tertiary/aromatic N) is 2. The molecule has 1 fully saturated rings. The van der Waals surface area contributed by atoms with Gasteiger partial charge in [0.2, 0.25) is 0 Å². The molecule has 0 N–H and O–H groups in total. The average Bonchev–Trinajstić information content (AvgIpc) is 2.50. The second-order valence-electron chi connectivity index (χ2n) is 6.34. The maximum Gasteiger partial charge on any atom is 0.270 e. The van der Waals surface area contributed by atoms with Gasteiger partial charge in [0.25, 0.3) is 5.91 Å². The summed E-state index contributed by atoms with van der Waals surface area (Å²) in [6.45, 7) is 6.32. The van der Waals surface area contributed by atoms with E-state index in [9.17, 15) is 9.59 Å². The molecule has 0 unspecified atom stereocenters. The van der Waals surface area contributed by atoms with Crippen LogP contribution in [0.2, 0.25) is 0 Å². The number of methoxy groups -OCH3 is 1. The van der Waals surface area contributed by atoms with E-state index in [0.29, 0.717) is 17.5 Å². The fraction of sp³-hybridized carbons (Fsp3) is 0.647. The van der Waals surface area contributed by atoms with Crippen LogP contribution in [0.5, 0.6) is 0 Å². The Morgan fingerprint density at radius 1 is 1.36 bits per heavy atom.